The lowest BCUT2D eigenvalue weighted by atomic mass is 10.0. The van der Waals surface area contributed by atoms with Gasteiger partial charge in [0.25, 0.3) is 5.91 Å². The second-order valence-electron chi connectivity index (χ2n) is 8.27. The molecule has 0 saturated carbocycles. The monoisotopic (exact) mass is 496 g/mol. The number of fused-ring (bicyclic) bond motifs is 1. The fourth-order valence-corrected chi connectivity index (χ4v) is 7.08. The number of rotatable bonds is 5. The Hall–Kier alpha value is -1.94. The summed E-state index contributed by atoms with van der Waals surface area (Å²) < 4.78 is 32.8. The molecule has 0 bridgehead atoms. The number of carbonyl (C=O) groups excluding carboxylic acids is 2. The quantitative estimate of drug-likeness (QED) is 0.591. The Bertz CT molecular complexity index is 1130. The number of ether oxygens (including phenoxy) is 1. The molecule has 7 nitrogen and oxygen atoms in total. The molecule has 0 spiro atoms. The van der Waals surface area contributed by atoms with Crippen LogP contribution in [0.1, 0.15) is 40.6 Å². The van der Waals surface area contributed by atoms with Gasteiger partial charge in [0.05, 0.1) is 10.6 Å². The zero-order valence-corrected chi connectivity index (χ0v) is 20.1. The summed E-state index contributed by atoms with van der Waals surface area (Å²) in [5.41, 5.74) is 1.17. The Morgan fingerprint density at radius 3 is 2.84 bits per heavy atom. The summed E-state index contributed by atoms with van der Waals surface area (Å²) >= 11 is 7.87. The maximum absolute atomic E-state index is 13.1. The highest BCUT2D eigenvalue weighted by Crippen LogP contribution is 2.29. The van der Waals surface area contributed by atoms with Crippen molar-refractivity contribution in [1.82, 2.24) is 9.21 Å². The van der Waals surface area contributed by atoms with E-state index in [9.17, 15) is 18.0 Å². The van der Waals surface area contributed by atoms with Crippen LogP contribution in [0, 0.1) is 5.92 Å². The van der Waals surface area contributed by atoms with Crippen LogP contribution in [0.2, 0.25) is 5.02 Å². The van der Waals surface area contributed by atoms with Crippen molar-refractivity contribution >= 4 is 44.8 Å². The number of piperidine rings is 1. The van der Waals surface area contributed by atoms with E-state index in [1.807, 2.05) is 18.4 Å². The maximum atomic E-state index is 13.1. The van der Waals surface area contributed by atoms with Crippen molar-refractivity contribution in [3.05, 3.63) is 50.7 Å². The molecule has 3 heterocycles. The molecular weight excluding hydrogens is 472 g/mol. The van der Waals surface area contributed by atoms with Gasteiger partial charge in [0, 0.05) is 31.1 Å². The van der Waals surface area contributed by atoms with E-state index in [1.54, 1.807) is 16.2 Å². The molecule has 172 valence electrons. The molecule has 4 rings (SSSR count). The molecule has 1 aromatic heterocycles. The van der Waals surface area contributed by atoms with E-state index in [1.165, 1.54) is 27.4 Å². The van der Waals surface area contributed by atoms with Gasteiger partial charge in [-0.25, -0.2) is 13.2 Å². The molecule has 0 radical (unpaired) electrons. The summed E-state index contributed by atoms with van der Waals surface area (Å²) in [6.07, 6.45) is 2.55. The van der Waals surface area contributed by atoms with Crippen LogP contribution in [-0.2, 0) is 32.5 Å². The molecule has 1 saturated heterocycles. The lowest BCUT2D eigenvalue weighted by Gasteiger charge is -2.30. The highest BCUT2D eigenvalue weighted by molar-refractivity contribution is 7.89. The van der Waals surface area contributed by atoms with Crippen molar-refractivity contribution in [3.8, 4) is 0 Å². The van der Waals surface area contributed by atoms with Crippen LogP contribution in [0.15, 0.2) is 34.5 Å². The van der Waals surface area contributed by atoms with E-state index in [4.69, 9.17) is 16.3 Å². The van der Waals surface area contributed by atoms with Crippen LogP contribution < -0.4 is 0 Å². The number of amides is 1. The molecule has 2 aliphatic heterocycles. The van der Waals surface area contributed by atoms with Gasteiger partial charge in [0.15, 0.2) is 6.61 Å². The first-order chi connectivity index (χ1) is 15.3. The van der Waals surface area contributed by atoms with Crippen molar-refractivity contribution in [1.29, 1.82) is 0 Å². The van der Waals surface area contributed by atoms with Crippen molar-refractivity contribution in [2.24, 2.45) is 5.92 Å². The Kier molecular flexibility index (Phi) is 6.90. The topological polar surface area (TPSA) is 84.0 Å². The predicted octanol–water partition coefficient (Wildman–Crippen LogP) is 3.56. The summed E-state index contributed by atoms with van der Waals surface area (Å²) in [4.78, 5) is 27.9. The number of carbonyl (C=O) groups is 2. The summed E-state index contributed by atoms with van der Waals surface area (Å²) in [7, 11) is -3.83. The molecule has 2 aliphatic rings. The third-order valence-corrected chi connectivity index (χ3v) is 9.26. The number of hydrogen-bond acceptors (Lipinski definition) is 6. The van der Waals surface area contributed by atoms with Crippen molar-refractivity contribution in [3.63, 3.8) is 0 Å². The van der Waals surface area contributed by atoms with Gasteiger partial charge in [-0.05, 0) is 60.4 Å². The molecule has 0 aliphatic carbocycles. The van der Waals surface area contributed by atoms with Crippen LogP contribution in [0.3, 0.4) is 0 Å². The lowest BCUT2D eigenvalue weighted by Crippen LogP contribution is -2.39. The Balaban J connectivity index is 1.43. The van der Waals surface area contributed by atoms with E-state index in [2.05, 4.69) is 0 Å². The van der Waals surface area contributed by atoms with E-state index in [0.717, 1.165) is 24.8 Å². The van der Waals surface area contributed by atoms with Gasteiger partial charge < -0.3 is 9.64 Å². The van der Waals surface area contributed by atoms with Crippen molar-refractivity contribution in [2.75, 3.05) is 26.2 Å². The van der Waals surface area contributed by atoms with Gasteiger partial charge in [0.2, 0.25) is 10.0 Å². The fourth-order valence-electron chi connectivity index (χ4n) is 4.09. The number of benzene rings is 1. The number of esters is 1. The first kappa shape index (κ1) is 23.2. The van der Waals surface area contributed by atoms with E-state index < -0.39 is 22.6 Å². The third-order valence-electron chi connectivity index (χ3n) is 5.89. The third kappa shape index (κ3) is 4.85. The average molecular weight is 497 g/mol. The largest absolute Gasteiger partial charge is 0.452 e. The van der Waals surface area contributed by atoms with Gasteiger partial charge in [0.1, 0.15) is 4.90 Å². The minimum Gasteiger partial charge on any atom is -0.452 e. The molecule has 1 amide bonds. The Morgan fingerprint density at radius 1 is 1.25 bits per heavy atom. The van der Waals surface area contributed by atoms with Gasteiger partial charge in [-0.2, -0.15) is 4.31 Å². The molecule has 10 heteroatoms. The summed E-state index contributed by atoms with van der Waals surface area (Å²) in [6.45, 7) is 3.55. The number of halogens is 1. The smallest absolute Gasteiger partial charge is 0.338 e. The standard InChI is InChI=1S/C22H25ClN2O5S2/c1-15-3-2-8-25(12-15)32(28,29)20-11-16(4-5-18(20)23)22(27)30-14-21(26)24-9-6-19-17(13-24)7-10-31-19/h4-5,7,10-11,15H,2-3,6,8-9,12-14H2,1H3. The highest BCUT2D eigenvalue weighted by Gasteiger charge is 2.31. The lowest BCUT2D eigenvalue weighted by molar-refractivity contribution is -0.135. The van der Waals surface area contributed by atoms with Crippen molar-refractivity contribution < 1.29 is 22.7 Å². The average Bonchev–Trinajstić information content (AvgIpc) is 3.25. The molecule has 1 atom stereocenters. The first-order valence-corrected chi connectivity index (χ1v) is 13.3. The summed E-state index contributed by atoms with van der Waals surface area (Å²) in [6, 6.07) is 6.03. The first-order valence-electron chi connectivity index (χ1n) is 10.6. The molecule has 1 unspecified atom stereocenters. The molecule has 1 fully saturated rings. The zero-order chi connectivity index (χ0) is 22.9. The van der Waals surface area contributed by atoms with E-state index in [-0.39, 0.29) is 27.3 Å². The molecular formula is C22H25ClN2O5S2. The number of sulfonamides is 1. The van der Waals surface area contributed by atoms with Gasteiger partial charge in [-0.15, -0.1) is 11.3 Å². The minimum atomic E-state index is -3.83. The normalized spacial score (nSPS) is 19.4. The van der Waals surface area contributed by atoms with Crippen LogP contribution in [0.5, 0.6) is 0 Å². The molecule has 1 aromatic carbocycles. The summed E-state index contributed by atoms with van der Waals surface area (Å²) in [5, 5.41) is 2.06. The van der Waals surface area contributed by atoms with Gasteiger partial charge >= 0.3 is 5.97 Å². The second kappa shape index (κ2) is 9.51. The Morgan fingerprint density at radius 2 is 2.06 bits per heavy atom. The predicted molar refractivity (Wildman–Crippen MR) is 122 cm³/mol. The molecule has 2 aromatic rings. The fraction of sp³-hybridized carbons (Fsp3) is 0.455. The maximum Gasteiger partial charge on any atom is 0.338 e. The van der Waals surface area contributed by atoms with Crippen LogP contribution in [0.25, 0.3) is 0 Å². The van der Waals surface area contributed by atoms with Crippen LogP contribution in [0.4, 0.5) is 0 Å². The zero-order valence-electron chi connectivity index (χ0n) is 17.8. The summed E-state index contributed by atoms with van der Waals surface area (Å²) in [5.74, 6) is -0.776. The van der Waals surface area contributed by atoms with E-state index >= 15 is 0 Å². The Labute approximate surface area is 197 Å². The number of nitrogens with zero attached hydrogens (tertiary/aromatic N) is 2. The van der Waals surface area contributed by atoms with Gasteiger partial charge in [-0.3, -0.25) is 4.79 Å². The number of hydrogen-bond donors (Lipinski definition) is 0. The highest BCUT2D eigenvalue weighted by atomic mass is 35.5. The molecule has 32 heavy (non-hydrogen) atoms. The van der Waals surface area contributed by atoms with Crippen LogP contribution >= 0.6 is 22.9 Å². The minimum absolute atomic E-state index is 0.0459. The SMILES string of the molecule is CC1CCCN(S(=O)(=O)c2cc(C(=O)OCC(=O)N3CCc4sccc4C3)ccc2Cl)C1. The van der Waals surface area contributed by atoms with E-state index in [0.29, 0.717) is 26.2 Å². The van der Waals surface area contributed by atoms with Gasteiger partial charge in [-0.1, -0.05) is 18.5 Å². The van der Waals surface area contributed by atoms with Crippen LogP contribution in [-0.4, -0.2) is 55.7 Å². The second-order valence-corrected chi connectivity index (χ2v) is 11.6. The van der Waals surface area contributed by atoms with Crippen molar-refractivity contribution in [2.45, 2.75) is 37.6 Å². The molecule has 0 N–H and O–H groups in total. The number of thiophene rings is 1.